The monoisotopic (exact) mass is 455 g/mol. The number of ether oxygens (including phenoxy) is 1. The molecule has 1 saturated heterocycles. The van der Waals surface area contributed by atoms with Gasteiger partial charge in [-0.2, -0.15) is 0 Å². The summed E-state index contributed by atoms with van der Waals surface area (Å²) in [5.74, 6) is -0.304. The number of aliphatic hydroxyl groups excluding tert-OH is 4. The van der Waals surface area contributed by atoms with Gasteiger partial charge in [0.1, 0.15) is 35.2 Å². The van der Waals surface area contributed by atoms with Crippen molar-refractivity contribution in [1.82, 2.24) is 29.1 Å². The minimum atomic E-state index is -1.29. The maximum Gasteiger partial charge on any atom is 0.396 e. The lowest BCUT2D eigenvalue weighted by molar-refractivity contribution is -0.392. The Morgan fingerprint density at radius 1 is 1.19 bits per heavy atom. The maximum atomic E-state index is 11.2. The highest BCUT2D eigenvalue weighted by Gasteiger charge is 2.44. The molecule has 0 radical (unpaired) electrons. The van der Waals surface area contributed by atoms with Gasteiger partial charge in [-0.25, -0.2) is 15.0 Å². The van der Waals surface area contributed by atoms with E-state index < -0.39 is 36.1 Å². The van der Waals surface area contributed by atoms with Gasteiger partial charge in [-0.3, -0.25) is 4.57 Å². The van der Waals surface area contributed by atoms with E-state index in [9.17, 15) is 25.4 Å². The van der Waals surface area contributed by atoms with Crippen molar-refractivity contribution in [3.63, 3.8) is 0 Å². The van der Waals surface area contributed by atoms with Crippen LogP contribution < -0.4 is 0 Å². The van der Waals surface area contributed by atoms with Gasteiger partial charge in [0.2, 0.25) is 6.33 Å². The van der Waals surface area contributed by atoms with Crippen molar-refractivity contribution in [2.75, 3.05) is 13.2 Å². The molecule has 31 heavy (non-hydrogen) atoms. The van der Waals surface area contributed by atoms with E-state index in [1.807, 2.05) is 0 Å². The quantitative estimate of drug-likeness (QED) is 0.213. The van der Waals surface area contributed by atoms with Crippen molar-refractivity contribution >= 4 is 28.7 Å². The lowest BCUT2D eigenvalue weighted by Crippen LogP contribution is -2.33. The first-order chi connectivity index (χ1) is 14.8. The minimum absolute atomic E-state index is 0.250. The molecule has 4 N–H and O–H groups in total. The first-order valence-corrected chi connectivity index (χ1v) is 9.90. The minimum Gasteiger partial charge on any atom is -0.397 e. The summed E-state index contributed by atoms with van der Waals surface area (Å²) in [4.78, 5) is 26.9. The second-order valence-electron chi connectivity index (χ2n) is 6.39. The molecule has 0 bridgehead atoms. The van der Waals surface area contributed by atoms with Crippen molar-refractivity contribution in [1.29, 1.82) is 0 Å². The molecule has 1 aliphatic heterocycles. The zero-order valence-corrected chi connectivity index (χ0v) is 17.3. The smallest absolute Gasteiger partial charge is 0.396 e. The van der Waals surface area contributed by atoms with Crippen LogP contribution in [-0.4, -0.2) is 85.9 Å². The maximum absolute atomic E-state index is 11.2. The van der Waals surface area contributed by atoms with Gasteiger partial charge in [0.15, 0.2) is 16.9 Å². The number of aliphatic hydroxyl groups is 4. The molecular weight excluding hydrogens is 434 g/mol. The van der Waals surface area contributed by atoms with Crippen molar-refractivity contribution in [2.24, 2.45) is 7.05 Å². The first-order valence-electron chi connectivity index (χ1n) is 9.08. The second-order valence-corrected chi connectivity index (χ2v) is 7.37. The fourth-order valence-corrected chi connectivity index (χ4v) is 3.88. The number of aromatic nitrogens is 6. The van der Waals surface area contributed by atoms with Gasteiger partial charge in [0, 0.05) is 13.7 Å². The molecule has 168 valence electrons. The first kappa shape index (κ1) is 23.0. The number of fused-ring (bicyclic) bond motifs is 1. The molecule has 14 nitrogen and oxygen atoms in total. The average Bonchev–Trinajstić information content (AvgIpc) is 3.40. The Kier molecular flexibility index (Phi) is 7.14. The van der Waals surface area contributed by atoms with Gasteiger partial charge >= 0.3 is 5.82 Å². The van der Waals surface area contributed by atoms with Gasteiger partial charge in [0.05, 0.1) is 12.9 Å². The van der Waals surface area contributed by atoms with Gasteiger partial charge < -0.3 is 39.8 Å². The molecule has 1 aliphatic rings. The van der Waals surface area contributed by atoms with E-state index in [1.54, 1.807) is 14.0 Å². The van der Waals surface area contributed by atoms with Crippen LogP contribution in [0.4, 0.5) is 5.82 Å². The van der Waals surface area contributed by atoms with Gasteiger partial charge in [-0.15, -0.1) is 0 Å². The highest BCUT2D eigenvalue weighted by atomic mass is 32.2. The molecule has 0 amide bonds. The van der Waals surface area contributed by atoms with Crippen molar-refractivity contribution < 1.29 is 30.1 Å². The molecule has 4 unspecified atom stereocenters. The molecule has 3 aromatic heterocycles. The number of nitro groups is 1. The van der Waals surface area contributed by atoms with Crippen LogP contribution in [0.1, 0.15) is 13.2 Å². The number of hydrogen-bond donors (Lipinski definition) is 4. The molecule has 15 heteroatoms. The molecule has 0 saturated carbocycles. The van der Waals surface area contributed by atoms with E-state index in [0.29, 0.717) is 16.2 Å². The Balaban J connectivity index is 0.000000858. The van der Waals surface area contributed by atoms with Crippen molar-refractivity contribution in [3.05, 3.63) is 29.1 Å². The third-order valence-electron chi connectivity index (χ3n) is 4.35. The molecule has 0 aliphatic carbocycles. The summed E-state index contributed by atoms with van der Waals surface area (Å²) >= 11 is 1.01. The summed E-state index contributed by atoms with van der Waals surface area (Å²) in [5.41, 5.74) is 0.637. The van der Waals surface area contributed by atoms with Crippen LogP contribution in [-0.2, 0) is 11.8 Å². The van der Waals surface area contributed by atoms with Gasteiger partial charge in [0.25, 0.3) is 0 Å². The third kappa shape index (κ3) is 4.36. The number of rotatable bonds is 5. The number of aryl methyl sites for hydroxylation is 1. The molecule has 3 aromatic rings. The largest absolute Gasteiger partial charge is 0.397 e. The van der Waals surface area contributed by atoms with Crippen LogP contribution in [0.2, 0.25) is 0 Å². The lowest BCUT2D eigenvalue weighted by Gasteiger charge is -2.16. The Bertz CT molecular complexity index is 1060. The molecule has 0 aromatic carbocycles. The van der Waals surface area contributed by atoms with E-state index in [0.717, 1.165) is 11.8 Å². The topological polar surface area (TPSA) is 195 Å². The summed E-state index contributed by atoms with van der Waals surface area (Å²) in [5, 5.41) is 48.8. The predicted molar refractivity (Wildman–Crippen MR) is 105 cm³/mol. The summed E-state index contributed by atoms with van der Waals surface area (Å²) in [6.07, 6.45) is -0.551. The average molecular weight is 455 g/mol. The zero-order valence-electron chi connectivity index (χ0n) is 16.5. The SMILES string of the molecule is CCO.Cn1cnc([N+](=O)[O-])c1Sc1ncnc2c1ncn2C1OC(CO)C(O)C1O. The Labute approximate surface area is 179 Å². The fraction of sp³-hybridized carbons (Fsp3) is 0.500. The summed E-state index contributed by atoms with van der Waals surface area (Å²) in [6.45, 7) is 1.47. The highest BCUT2D eigenvalue weighted by Crippen LogP contribution is 2.37. The zero-order chi connectivity index (χ0) is 22.7. The predicted octanol–water partition coefficient (Wildman–Crippen LogP) is -0.771. The molecule has 4 rings (SSSR count). The van der Waals surface area contributed by atoms with E-state index in [1.165, 1.54) is 28.1 Å². The molecule has 4 heterocycles. The summed E-state index contributed by atoms with van der Waals surface area (Å²) in [6, 6.07) is 0. The van der Waals surface area contributed by atoms with Crippen LogP contribution in [0.15, 0.2) is 29.0 Å². The molecular formula is C16H21N7O7S. The van der Waals surface area contributed by atoms with Crippen LogP contribution in [0.25, 0.3) is 11.2 Å². The molecule has 1 fully saturated rings. The normalized spacial score (nSPS) is 23.0. The van der Waals surface area contributed by atoms with Crippen molar-refractivity contribution in [2.45, 2.75) is 41.5 Å². The standard InChI is InChI=1S/C14H15N7O6S.C2H6O/c1-19-4-18-11(21(25)26)14(19)28-12-7-10(15-3-16-12)20(5-17-7)13-9(24)8(23)6(2-22)27-13;1-2-3/h3-6,8-9,13,22-24H,2H2,1H3;3H,2H2,1H3. The van der Waals surface area contributed by atoms with Gasteiger partial charge in [-0.05, 0) is 28.6 Å². The number of hydrogen-bond acceptors (Lipinski definition) is 12. The Hall–Kier alpha value is -2.69. The second kappa shape index (κ2) is 9.63. The lowest BCUT2D eigenvalue weighted by atomic mass is 10.1. The van der Waals surface area contributed by atoms with Gasteiger partial charge in [-0.1, -0.05) is 0 Å². The van der Waals surface area contributed by atoms with Crippen LogP contribution >= 0.6 is 11.8 Å². The van der Waals surface area contributed by atoms with Crippen molar-refractivity contribution in [3.8, 4) is 0 Å². The third-order valence-corrected chi connectivity index (χ3v) is 5.50. The fourth-order valence-electron chi connectivity index (χ4n) is 2.94. The van der Waals surface area contributed by atoms with Crippen LogP contribution in [0.5, 0.6) is 0 Å². The van der Waals surface area contributed by atoms with E-state index >= 15 is 0 Å². The highest BCUT2D eigenvalue weighted by molar-refractivity contribution is 7.99. The molecule has 4 atom stereocenters. The van der Waals surface area contributed by atoms with Crippen LogP contribution in [0, 0.1) is 10.1 Å². The number of imidazole rings is 2. The number of nitrogens with zero attached hydrogens (tertiary/aromatic N) is 7. The van der Waals surface area contributed by atoms with Crippen LogP contribution in [0.3, 0.4) is 0 Å². The Morgan fingerprint density at radius 2 is 1.90 bits per heavy atom. The van der Waals surface area contributed by atoms with E-state index in [-0.39, 0.29) is 17.5 Å². The molecule has 0 spiro atoms. The Morgan fingerprint density at radius 3 is 2.52 bits per heavy atom. The van der Waals surface area contributed by atoms with E-state index in [2.05, 4.69) is 19.9 Å². The summed E-state index contributed by atoms with van der Waals surface area (Å²) < 4.78 is 8.42. The summed E-state index contributed by atoms with van der Waals surface area (Å²) in [7, 11) is 1.62. The van der Waals surface area contributed by atoms with E-state index in [4.69, 9.17) is 9.84 Å².